The number of carbonyl (C=O) groups excluding carboxylic acids is 1. The van der Waals surface area contributed by atoms with Crippen molar-refractivity contribution in [2.45, 2.75) is 13.3 Å². The van der Waals surface area contributed by atoms with Crippen molar-refractivity contribution in [3.63, 3.8) is 0 Å². The van der Waals surface area contributed by atoms with Crippen LogP contribution in [0.5, 0.6) is 5.75 Å². The molecule has 108 valence electrons. The van der Waals surface area contributed by atoms with Gasteiger partial charge in [-0.2, -0.15) is 0 Å². The number of carboxylic acid groups (broad SMARTS) is 1. The number of rotatable bonds is 7. The number of benzene rings is 1. The predicted molar refractivity (Wildman–Crippen MR) is 68.9 cm³/mol. The van der Waals surface area contributed by atoms with E-state index in [1.807, 2.05) is 0 Å². The lowest BCUT2D eigenvalue weighted by molar-refractivity contribution is -0.385. The summed E-state index contributed by atoms with van der Waals surface area (Å²) in [4.78, 5) is 32.1. The molecule has 0 heterocycles. The Kier molecular flexibility index (Phi) is 5.45. The number of hydrogen-bond acceptors (Lipinski definition) is 5. The molecule has 1 amide bonds. The van der Waals surface area contributed by atoms with Crippen LogP contribution in [-0.4, -0.2) is 35.1 Å². The molecule has 0 atom stereocenters. The molecule has 0 aliphatic carbocycles. The monoisotopic (exact) mass is 282 g/mol. The van der Waals surface area contributed by atoms with Crippen LogP contribution in [0.25, 0.3) is 0 Å². The average molecular weight is 282 g/mol. The molecular formula is C12H14N2O6. The van der Waals surface area contributed by atoms with Crippen LogP contribution in [0.15, 0.2) is 18.2 Å². The molecule has 1 aromatic carbocycles. The second-order valence-electron chi connectivity index (χ2n) is 3.80. The Morgan fingerprint density at radius 3 is 2.70 bits per heavy atom. The lowest BCUT2D eigenvalue weighted by atomic mass is 10.2. The molecular weight excluding hydrogens is 268 g/mol. The van der Waals surface area contributed by atoms with E-state index in [1.54, 1.807) is 6.92 Å². The van der Waals surface area contributed by atoms with E-state index < -0.39 is 16.6 Å². The van der Waals surface area contributed by atoms with Gasteiger partial charge in [0.1, 0.15) is 0 Å². The molecule has 8 heteroatoms. The largest absolute Gasteiger partial charge is 0.486 e. The molecule has 0 aliphatic rings. The minimum atomic E-state index is -1.26. The van der Waals surface area contributed by atoms with Crippen LogP contribution in [0.3, 0.4) is 0 Å². The third kappa shape index (κ3) is 4.23. The van der Waals surface area contributed by atoms with Crippen molar-refractivity contribution in [1.82, 2.24) is 5.32 Å². The van der Waals surface area contributed by atoms with E-state index in [0.717, 1.165) is 6.07 Å². The number of nitro benzene ring substituents is 1. The number of carboxylic acids is 1. The Labute approximate surface area is 114 Å². The predicted octanol–water partition coefficient (Wildman–Crippen LogP) is 1.20. The highest BCUT2D eigenvalue weighted by Gasteiger charge is 2.18. The van der Waals surface area contributed by atoms with Crippen molar-refractivity contribution in [1.29, 1.82) is 0 Å². The van der Waals surface area contributed by atoms with Gasteiger partial charge >= 0.3 is 11.7 Å². The molecule has 0 fully saturated rings. The SMILES string of the molecule is CCNC(=O)CCOc1ccc(C(=O)O)cc1[N+](=O)[O-]. The fraction of sp³-hybridized carbons (Fsp3) is 0.333. The van der Waals surface area contributed by atoms with Crippen molar-refractivity contribution in [2.75, 3.05) is 13.2 Å². The first-order valence-electron chi connectivity index (χ1n) is 5.87. The van der Waals surface area contributed by atoms with E-state index in [2.05, 4.69) is 5.32 Å². The van der Waals surface area contributed by atoms with Crippen molar-refractivity contribution in [3.8, 4) is 5.75 Å². The van der Waals surface area contributed by atoms with Crippen molar-refractivity contribution in [2.24, 2.45) is 0 Å². The van der Waals surface area contributed by atoms with E-state index in [4.69, 9.17) is 9.84 Å². The standard InChI is InChI=1S/C12H14N2O6/c1-2-13-11(15)5-6-20-10-4-3-8(12(16)17)7-9(10)14(18)19/h3-4,7H,2,5-6H2,1H3,(H,13,15)(H,16,17). The molecule has 1 aromatic rings. The minimum Gasteiger partial charge on any atom is -0.486 e. The zero-order chi connectivity index (χ0) is 15.1. The number of carbonyl (C=O) groups is 2. The first-order valence-corrected chi connectivity index (χ1v) is 5.87. The van der Waals surface area contributed by atoms with Gasteiger partial charge in [0.05, 0.1) is 23.5 Å². The Balaban J connectivity index is 2.77. The van der Waals surface area contributed by atoms with Crippen LogP contribution in [0, 0.1) is 10.1 Å². The fourth-order valence-corrected chi connectivity index (χ4v) is 1.45. The Morgan fingerprint density at radius 1 is 1.45 bits per heavy atom. The summed E-state index contributed by atoms with van der Waals surface area (Å²) in [6.45, 7) is 2.24. The number of hydrogen-bond donors (Lipinski definition) is 2. The summed E-state index contributed by atoms with van der Waals surface area (Å²) < 4.78 is 5.15. The maximum atomic E-state index is 11.2. The van der Waals surface area contributed by atoms with E-state index >= 15 is 0 Å². The van der Waals surface area contributed by atoms with E-state index in [0.29, 0.717) is 6.54 Å². The summed E-state index contributed by atoms with van der Waals surface area (Å²) in [7, 11) is 0. The summed E-state index contributed by atoms with van der Waals surface area (Å²) in [5.41, 5.74) is -0.645. The number of nitro groups is 1. The third-order valence-corrected chi connectivity index (χ3v) is 2.36. The first-order chi connectivity index (χ1) is 9.45. The van der Waals surface area contributed by atoms with Gasteiger partial charge in [0.25, 0.3) is 0 Å². The van der Waals surface area contributed by atoms with Crippen LogP contribution in [0.4, 0.5) is 5.69 Å². The Hall–Kier alpha value is -2.64. The summed E-state index contributed by atoms with van der Waals surface area (Å²) in [5.74, 6) is -1.55. The number of nitrogens with one attached hydrogen (secondary N) is 1. The van der Waals surface area contributed by atoms with Crippen LogP contribution in [0.2, 0.25) is 0 Å². The zero-order valence-electron chi connectivity index (χ0n) is 10.8. The molecule has 20 heavy (non-hydrogen) atoms. The van der Waals surface area contributed by atoms with Gasteiger partial charge in [0.15, 0.2) is 5.75 Å². The molecule has 2 N–H and O–H groups in total. The summed E-state index contributed by atoms with van der Waals surface area (Å²) >= 11 is 0. The second-order valence-corrected chi connectivity index (χ2v) is 3.80. The Bertz CT molecular complexity index is 529. The van der Waals surface area contributed by atoms with Crippen LogP contribution < -0.4 is 10.1 Å². The highest BCUT2D eigenvalue weighted by molar-refractivity contribution is 5.88. The molecule has 0 aliphatic heterocycles. The average Bonchev–Trinajstić information content (AvgIpc) is 2.38. The number of aromatic carboxylic acids is 1. The number of nitrogens with zero attached hydrogens (tertiary/aromatic N) is 1. The lowest BCUT2D eigenvalue weighted by Crippen LogP contribution is -2.24. The summed E-state index contributed by atoms with van der Waals surface area (Å²) in [5, 5.41) is 22.2. The topological polar surface area (TPSA) is 119 Å². The molecule has 8 nitrogen and oxygen atoms in total. The third-order valence-electron chi connectivity index (χ3n) is 2.36. The van der Waals surface area contributed by atoms with Crippen molar-refractivity contribution >= 4 is 17.6 Å². The molecule has 0 radical (unpaired) electrons. The number of ether oxygens (including phenoxy) is 1. The van der Waals surface area contributed by atoms with Crippen LogP contribution >= 0.6 is 0 Å². The van der Waals surface area contributed by atoms with Crippen LogP contribution in [0.1, 0.15) is 23.7 Å². The molecule has 1 rings (SSSR count). The highest BCUT2D eigenvalue weighted by Crippen LogP contribution is 2.28. The molecule has 0 unspecified atom stereocenters. The molecule has 0 bridgehead atoms. The van der Waals surface area contributed by atoms with Crippen LogP contribution in [-0.2, 0) is 4.79 Å². The second kappa shape index (κ2) is 7.07. The normalized spacial score (nSPS) is 9.85. The molecule has 0 spiro atoms. The van der Waals surface area contributed by atoms with Gasteiger partial charge in [0.2, 0.25) is 5.91 Å². The zero-order valence-corrected chi connectivity index (χ0v) is 10.8. The van der Waals surface area contributed by atoms with Gasteiger partial charge in [0, 0.05) is 12.6 Å². The van der Waals surface area contributed by atoms with Gasteiger partial charge in [-0.25, -0.2) is 4.79 Å². The van der Waals surface area contributed by atoms with E-state index in [9.17, 15) is 19.7 Å². The molecule has 0 aromatic heterocycles. The Morgan fingerprint density at radius 2 is 2.15 bits per heavy atom. The fourth-order valence-electron chi connectivity index (χ4n) is 1.45. The maximum Gasteiger partial charge on any atom is 0.335 e. The quantitative estimate of drug-likeness (QED) is 0.573. The molecule has 0 saturated heterocycles. The van der Waals surface area contributed by atoms with E-state index in [-0.39, 0.29) is 30.2 Å². The molecule has 0 saturated carbocycles. The first kappa shape index (κ1) is 15.4. The van der Waals surface area contributed by atoms with Gasteiger partial charge < -0.3 is 15.2 Å². The lowest BCUT2D eigenvalue weighted by Gasteiger charge is -2.07. The maximum absolute atomic E-state index is 11.2. The van der Waals surface area contributed by atoms with Gasteiger partial charge in [-0.1, -0.05) is 0 Å². The summed E-state index contributed by atoms with van der Waals surface area (Å²) in [6, 6.07) is 3.33. The van der Waals surface area contributed by atoms with Gasteiger partial charge in [-0.3, -0.25) is 14.9 Å². The van der Waals surface area contributed by atoms with Gasteiger partial charge in [-0.05, 0) is 19.1 Å². The minimum absolute atomic E-state index is 0.0287. The van der Waals surface area contributed by atoms with Crippen molar-refractivity contribution in [3.05, 3.63) is 33.9 Å². The van der Waals surface area contributed by atoms with Gasteiger partial charge in [-0.15, -0.1) is 0 Å². The highest BCUT2D eigenvalue weighted by atomic mass is 16.6. The summed E-state index contributed by atoms with van der Waals surface area (Å²) in [6.07, 6.45) is 0.0612. The number of amides is 1. The van der Waals surface area contributed by atoms with E-state index in [1.165, 1.54) is 12.1 Å². The smallest absolute Gasteiger partial charge is 0.335 e. The van der Waals surface area contributed by atoms with Crippen molar-refractivity contribution < 1.29 is 24.4 Å².